The molecule has 148 valence electrons. The molecule has 0 aliphatic carbocycles. The molecule has 0 radical (unpaired) electrons. The smallest absolute Gasteiger partial charge is 0.310 e. The van der Waals surface area contributed by atoms with Crippen molar-refractivity contribution in [3.05, 3.63) is 47.0 Å². The number of hydrogen-bond donors (Lipinski definition) is 6. The Hall–Kier alpha value is -3.50. The van der Waals surface area contributed by atoms with Crippen LogP contribution in [0.25, 0.3) is 0 Å². The van der Waals surface area contributed by atoms with Crippen LogP contribution in [-0.4, -0.2) is 55.8 Å². The van der Waals surface area contributed by atoms with Gasteiger partial charge in [0.05, 0.1) is 0 Å². The first-order chi connectivity index (χ1) is 13.1. The number of benzene rings is 2. The summed E-state index contributed by atoms with van der Waals surface area (Å²) in [6.07, 6.45) is 0. The molecule has 2 aromatic carbocycles. The van der Waals surface area contributed by atoms with Crippen LogP contribution >= 0.6 is 0 Å². The van der Waals surface area contributed by atoms with Gasteiger partial charge in [0.1, 0.15) is 5.75 Å². The van der Waals surface area contributed by atoms with Crippen molar-refractivity contribution in [3.8, 4) is 23.0 Å². The summed E-state index contributed by atoms with van der Waals surface area (Å²) in [4.78, 5) is 18.5. The Morgan fingerprint density at radius 2 is 1.71 bits per heavy atom. The third kappa shape index (κ3) is 2.84. The van der Waals surface area contributed by atoms with Crippen molar-refractivity contribution < 1.29 is 35.1 Å². The van der Waals surface area contributed by atoms with Gasteiger partial charge in [-0.3, -0.25) is 9.69 Å². The Kier molecular flexibility index (Phi) is 4.53. The number of aliphatic hydroxyl groups is 2. The number of aryl methyl sites for hydroxylation is 1. The van der Waals surface area contributed by atoms with E-state index < -0.39 is 35.2 Å². The van der Waals surface area contributed by atoms with Gasteiger partial charge in [-0.25, -0.2) is 4.99 Å². The zero-order valence-corrected chi connectivity index (χ0v) is 15.0. The highest BCUT2D eigenvalue weighted by atomic mass is 16.7. The van der Waals surface area contributed by atoms with Crippen molar-refractivity contribution in [3.63, 3.8) is 0 Å². The van der Waals surface area contributed by atoms with E-state index in [0.29, 0.717) is 11.1 Å². The molecule has 0 fully saturated rings. The third-order valence-electron chi connectivity index (χ3n) is 4.55. The Labute approximate surface area is 159 Å². The van der Waals surface area contributed by atoms with E-state index in [1.54, 1.807) is 6.92 Å². The van der Waals surface area contributed by atoms with Crippen molar-refractivity contribution in [2.24, 2.45) is 10.7 Å². The number of ether oxygens (including phenoxy) is 1. The summed E-state index contributed by atoms with van der Waals surface area (Å²) in [5.41, 5.74) is 4.98. The first kappa shape index (κ1) is 19.3. The minimum absolute atomic E-state index is 0.0767. The Morgan fingerprint density at radius 3 is 2.18 bits per heavy atom. The van der Waals surface area contributed by atoms with Gasteiger partial charge in [0.15, 0.2) is 28.7 Å². The summed E-state index contributed by atoms with van der Waals surface area (Å²) < 4.78 is 4.87. The van der Waals surface area contributed by atoms with Gasteiger partial charge >= 0.3 is 6.48 Å². The molecule has 2 aromatic rings. The number of guanidine groups is 1. The molecule has 1 aliphatic heterocycles. The summed E-state index contributed by atoms with van der Waals surface area (Å²) in [7, 11) is 1.43. The predicted octanol–water partition coefficient (Wildman–Crippen LogP) is -0.211. The molecule has 0 spiro atoms. The fraction of sp³-hybridized carbons (Fsp3) is 0.222. The van der Waals surface area contributed by atoms with Crippen molar-refractivity contribution in [1.82, 2.24) is 4.90 Å². The second kappa shape index (κ2) is 6.59. The number of rotatable bonds is 4. The normalized spacial score (nSPS) is 19.2. The largest absolute Gasteiger partial charge is 0.504 e. The second-order valence-corrected chi connectivity index (χ2v) is 6.33. The first-order valence-electron chi connectivity index (χ1n) is 8.10. The van der Waals surface area contributed by atoms with Crippen LogP contribution < -0.4 is 10.5 Å². The third-order valence-corrected chi connectivity index (χ3v) is 4.55. The number of aliphatic hydroxyl groups excluding tert-OH is 1. The van der Waals surface area contributed by atoms with Crippen LogP contribution in [0.2, 0.25) is 0 Å². The molecule has 1 unspecified atom stereocenters. The Balaban J connectivity index is 2.26. The van der Waals surface area contributed by atoms with Gasteiger partial charge in [-0.2, -0.15) is 0 Å². The minimum atomic E-state index is -2.02. The van der Waals surface area contributed by atoms with Crippen molar-refractivity contribution in [1.29, 1.82) is 0 Å². The number of likely N-dealkylation sites (N-methyl/N-ethyl adjacent to an activating group) is 1. The molecular weight excluding hydrogens is 370 g/mol. The second-order valence-electron chi connectivity index (χ2n) is 6.33. The topological polar surface area (TPSA) is 169 Å². The quantitative estimate of drug-likeness (QED) is 0.308. The Bertz CT molecular complexity index is 966. The molecule has 10 nitrogen and oxygen atoms in total. The molecule has 0 bridgehead atoms. The molecule has 1 aliphatic rings. The lowest BCUT2D eigenvalue weighted by Crippen LogP contribution is -2.41. The van der Waals surface area contributed by atoms with E-state index in [1.165, 1.54) is 25.2 Å². The van der Waals surface area contributed by atoms with Crippen molar-refractivity contribution in [2.75, 3.05) is 7.05 Å². The summed E-state index contributed by atoms with van der Waals surface area (Å²) >= 11 is 0. The number of amides is 1. The van der Waals surface area contributed by atoms with Crippen LogP contribution in [0.4, 0.5) is 0 Å². The number of hydrogen-bond acceptors (Lipinski definition) is 9. The molecule has 7 N–H and O–H groups in total. The number of aromatic hydroxyl groups is 3. The molecule has 1 amide bonds. The summed E-state index contributed by atoms with van der Waals surface area (Å²) in [5.74, 6) is -2.46. The van der Waals surface area contributed by atoms with Crippen LogP contribution in [0, 0.1) is 6.92 Å². The van der Waals surface area contributed by atoms with Crippen LogP contribution in [0.3, 0.4) is 0 Å². The van der Waals surface area contributed by atoms with Gasteiger partial charge in [-0.05, 0) is 42.3 Å². The first-order valence-corrected chi connectivity index (χ1v) is 8.10. The fourth-order valence-corrected chi connectivity index (χ4v) is 3.12. The zero-order chi connectivity index (χ0) is 20.8. The molecule has 28 heavy (non-hydrogen) atoms. The lowest BCUT2D eigenvalue weighted by molar-refractivity contribution is -0.179. The Morgan fingerprint density at radius 1 is 1.11 bits per heavy atom. The van der Waals surface area contributed by atoms with E-state index in [0.717, 1.165) is 17.0 Å². The maximum Gasteiger partial charge on any atom is 0.310 e. The van der Waals surface area contributed by atoms with Crippen LogP contribution in [0.15, 0.2) is 35.3 Å². The minimum Gasteiger partial charge on any atom is -0.504 e. The van der Waals surface area contributed by atoms with E-state index in [-0.39, 0.29) is 17.3 Å². The molecule has 1 atom stereocenters. The number of nitrogens with zero attached hydrogens (tertiary/aromatic N) is 2. The number of carbonyl (C=O) groups excluding carboxylic acids is 1. The molecule has 0 saturated heterocycles. The number of nitrogens with two attached hydrogens (primary N) is 1. The van der Waals surface area contributed by atoms with E-state index in [1.807, 2.05) is 0 Å². The van der Waals surface area contributed by atoms with E-state index in [9.17, 15) is 20.1 Å². The summed E-state index contributed by atoms with van der Waals surface area (Å²) in [6, 6.07) is 6.65. The summed E-state index contributed by atoms with van der Waals surface area (Å²) in [5, 5.41) is 47.5. The zero-order valence-electron chi connectivity index (χ0n) is 15.0. The van der Waals surface area contributed by atoms with Gasteiger partial charge in [0.2, 0.25) is 0 Å². The average molecular weight is 389 g/mol. The van der Waals surface area contributed by atoms with Gasteiger partial charge in [-0.15, -0.1) is 0 Å². The highest BCUT2D eigenvalue weighted by Gasteiger charge is 2.50. The maximum absolute atomic E-state index is 13.1. The highest BCUT2D eigenvalue weighted by Crippen LogP contribution is 2.45. The van der Waals surface area contributed by atoms with Crippen LogP contribution in [-0.2, 0) is 10.3 Å². The van der Waals surface area contributed by atoms with E-state index in [2.05, 4.69) is 4.99 Å². The van der Waals surface area contributed by atoms with E-state index in [4.69, 9.17) is 20.7 Å². The lowest BCUT2D eigenvalue weighted by atomic mass is 9.82. The lowest BCUT2D eigenvalue weighted by Gasteiger charge is -2.27. The van der Waals surface area contributed by atoms with Crippen LogP contribution in [0.1, 0.15) is 16.7 Å². The molecule has 3 rings (SSSR count). The monoisotopic (exact) mass is 389 g/mol. The average Bonchev–Trinajstić information content (AvgIpc) is 2.85. The van der Waals surface area contributed by atoms with Gasteiger partial charge < -0.3 is 36.0 Å². The predicted molar refractivity (Wildman–Crippen MR) is 96.6 cm³/mol. The van der Waals surface area contributed by atoms with Gasteiger partial charge in [-0.1, -0.05) is 6.07 Å². The fourth-order valence-electron chi connectivity index (χ4n) is 3.12. The molecule has 0 saturated carbocycles. The molecule has 0 aromatic heterocycles. The van der Waals surface area contributed by atoms with Crippen molar-refractivity contribution >= 4 is 11.9 Å². The van der Waals surface area contributed by atoms with Gasteiger partial charge in [0.25, 0.3) is 5.91 Å². The number of phenols is 3. The highest BCUT2D eigenvalue weighted by molar-refractivity contribution is 6.09. The van der Waals surface area contributed by atoms with Crippen LogP contribution in [0.5, 0.6) is 23.0 Å². The van der Waals surface area contributed by atoms with E-state index >= 15 is 0 Å². The molecular formula is C18H19N3O7. The SMILES string of the molecule is Cc1cc(C2(c3cc(O)c(O)c(O)c3)N=C(N)N(C)C2=O)ccc1OC(O)O. The summed E-state index contributed by atoms with van der Waals surface area (Å²) in [6.45, 7) is -0.394. The maximum atomic E-state index is 13.1. The number of phenolic OH excluding ortho intramolecular Hbond substituents is 3. The standard InChI is InChI=1S/C18H19N3O7/c1-8-5-9(3-4-13(8)28-17(26)27)18(15(25)21(2)16(19)20-18)10-6-11(22)14(24)12(23)7-10/h3-7,17,22-24,26-27H,1-2H3,(H2,19,20). The van der Waals surface area contributed by atoms with Gasteiger partial charge in [0, 0.05) is 12.6 Å². The molecule has 10 heteroatoms. The van der Waals surface area contributed by atoms with Crippen molar-refractivity contribution in [2.45, 2.75) is 18.9 Å². The number of carbonyl (C=O) groups is 1. The molecule has 1 heterocycles. The number of aliphatic imine (C=N–C) groups is 1.